The van der Waals surface area contributed by atoms with Gasteiger partial charge in [0.2, 0.25) is 10.0 Å². The lowest BCUT2D eigenvalue weighted by Gasteiger charge is -2.21. The van der Waals surface area contributed by atoms with Gasteiger partial charge in [-0.3, -0.25) is 4.72 Å². The van der Waals surface area contributed by atoms with E-state index in [1.54, 1.807) is 12.1 Å². The maximum absolute atomic E-state index is 11.2. The Labute approximate surface area is 132 Å². The van der Waals surface area contributed by atoms with Crippen LogP contribution in [0, 0.1) is 5.92 Å². The smallest absolute Gasteiger partial charge is 0.229 e. The molecule has 0 saturated heterocycles. The van der Waals surface area contributed by atoms with Crippen LogP contribution in [0.15, 0.2) is 18.2 Å². The molecule has 6 heteroatoms. The molecule has 0 unspecified atom stereocenters. The number of halogens is 1. The van der Waals surface area contributed by atoms with Crippen LogP contribution >= 0.6 is 11.6 Å². The summed E-state index contributed by atoms with van der Waals surface area (Å²) in [4.78, 5) is 0. The molecule has 0 atom stereocenters. The molecule has 1 aromatic rings. The van der Waals surface area contributed by atoms with E-state index >= 15 is 0 Å². The second kappa shape index (κ2) is 7.36. The summed E-state index contributed by atoms with van der Waals surface area (Å²) < 4.78 is 24.8. The fourth-order valence-electron chi connectivity index (χ4n) is 2.80. The lowest BCUT2D eigenvalue weighted by Crippen LogP contribution is -2.12. The first-order chi connectivity index (χ1) is 9.94. The zero-order valence-electron chi connectivity index (χ0n) is 12.4. The van der Waals surface area contributed by atoms with E-state index in [0.717, 1.165) is 24.4 Å². The Kier molecular flexibility index (Phi) is 5.76. The Morgan fingerprint density at radius 3 is 2.57 bits per heavy atom. The van der Waals surface area contributed by atoms with Crippen molar-refractivity contribution in [1.82, 2.24) is 0 Å². The van der Waals surface area contributed by atoms with Gasteiger partial charge in [-0.05, 0) is 30.5 Å². The SMILES string of the molecule is CS(=O)(=O)Nc1ccc(NCCC2CCCCC2)cc1Cl. The van der Waals surface area contributed by atoms with E-state index in [-0.39, 0.29) is 0 Å². The third-order valence-electron chi connectivity index (χ3n) is 3.87. The minimum Gasteiger partial charge on any atom is -0.385 e. The van der Waals surface area contributed by atoms with Crippen molar-refractivity contribution in [3.05, 3.63) is 23.2 Å². The highest BCUT2D eigenvalue weighted by Crippen LogP contribution is 2.28. The van der Waals surface area contributed by atoms with Gasteiger partial charge in [-0.1, -0.05) is 43.7 Å². The molecule has 2 rings (SSSR count). The molecule has 0 bridgehead atoms. The standard InChI is InChI=1S/C15H23ClN2O2S/c1-21(19,20)18-15-8-7-13(11-14(15)16)17-10-9-12-5-3-2-4-6-12/h7-8,11-12,17-18H,2-6,9-10H2,1H3. The van der Waals surface area contributed by atoms with Crippen molar-refractivity contribution in [2.45, 2.75) is 38.5 Å². The number of hydrogen-bond donors (Lipinski definition) is 2. The number of anilines is 2. The van der Waals surface area contributed by atoms with Crippen molar-refractivity contribution in [1.29, 1.82) is 0 Å². The molecule has 0 aliphatic heterocycles. The molecular formula is C15H23ClN2O2S. The largest absolute Gasteiger partial charge is 0.385 e. The first-order valence-electron chi connectivity index (χ1n) is 7.45. The minimum absolute atomic E-state index is 0.406. The van der Waals surface area contributed by atoms with Gasteiger partial charge in [0.1, 0.15) is 0 Å². The number of rotatable bonds is 6. The second-order valence-electron chi connectivity index (χ2n) is 5.79. The molecule has 2 N–H and O–H groups in total. The number of sulfonamides is 1. The van der Waals surface area contributed by atoms with Crippen LogP contribution in [0.1, 0.15) is 38.5 Å². The lowest BCUT2D eigenvalue weighted by molar-refractivity contribution is 0.345. The van der Waals surface area contributed by atoms with Gasteiger partial charge in [0.15, 0.2) is 0 Å². The summed E-state index contributed by atoms with van der Waals surface area (Å²) >= 11 is 6.10. The van der Waals surface area contributed by atoms with Crippen LogP contribution < -0.4 is 10.0 Å². The summed E-state index contributed by atoms with van der Waals surface area (Å²) in [6.07, 6.45) is 9.10. The Bertz CT molecular complexity index is 569. The Morgan fingerprint density at radius 1 is 1.24 bits per heavy atom. The zero-order valence-corrected chi connectivity index (χ0v) is 13.9. The molecule has 1 aliphatic rings. The summed E-state index contributed by atoms with van der Waals surface area (Å²) in [5.74, 6) is 0.841. The summed E-state index contributed by atoms with van der Waals surface area (Å²) in [6.45, 7) is 0.930. The summed E-state index contributed by atoms with van der Waals surface area (Å²) in [5.41, 5.74) is 1.34. The average molecular weight is 331 g/mol. The van der Waals surface area contributed by atoms with E-state index in [0.29, 0.717) is 10.7 Å². The van der Waals surface area contributed by atoms with Gasteiger partial charge >= 0.3 is 0 Å². The predicted molar refractivity (Wildman–Crippen MR) is 89.6 cm³/mol. The van der Waals surface area contributed by atoms with Gasteiger partial charge in [0.05, 0.1) is 17.0 Å². The van der Waals surface area contributed by atoms with Gasteiger partial charge in [-0.25, -0.2) is 8.42 Å². The van der Waals surface area contributed by atoms with Gasteiger partial charge in [0, 0.05) is 12.2 Å². The summed E-state index contributed by atoms with van der Waals surface area (Å²) in [7, 11) is -3.30. The molecule has 1 fully saturated rings. The van der Waals surface area contributed by atoms with E-state index in [4.69, 9.17) is 11.6 Å². The van der Waals surface area contributed by atoms with E-state index < -0.39 is 10.0 Å². The first-order valence-corrected chi connectivity index (χ1v) is 9.72. The summed E-state index contributed by atoms with van der Waals surface area (Å²) in [6, 6.07) is 5.29. The Hall–Kier alpha value is -0.940. The molecule has 0 spiro atoms. The highest BCUT2D eigenvalue weighted by Gasteiger charge is 2.13. The Morgan fingerprint density at radius 2 is 1.95 bits per heavy atom. The highest BCUT2D eigenvalue weighted by atomic mass is 35.5. The normalized spacial score (nSPS) is 16.7. The number of nitrogens with one attached hydrogen (secondary N) is 2. The number of benzene rings is 1. The van der Waals surface area contributed by atoms with Crippen molar-refractivity contribution in [3.63, 3.8) is 0 Å². The molecule has 118 valence electrons. The van der Waals surface area contributed by atoms with Gasteiger partial charge in [-0.2, -0.15) is 0 Å². The maximum Gasteiger partial charge on any atom is 0.229 e. The van der Waals surface area contributed by atoms with Gasteiger partial charge in [-0.15, -0.1) is 0 Å². The van der Waals surface area contributed by atoms with Crippen molar-refractivity contribution < 1.29 is 8.42 Å². The predicted octanol–water partition coefficient (Wildman–Crippen LogP) is 4.09. The lowest BCUT2D eigenvalue weighted by atomic mass is 9.87. The van der Waals surface area contributed by atoms with Crippen LogP contribution in [0.5, 0.6) is 0 Å². The monoisotopic (exact) mass is 330 g/mol. The fourth-order valence-corrected chi connectivity index (χ4v) is 3.67. The maximum atomic E-state index is 11.2. The van der Waals surface area contributed by atoms with Crippen LogP contribution in [0.4, 0.5) is 11.4 Å². The third kappa shape index (κ3) is 5.75. The highest BCUT2D eigenvalue weighted by molar-refractivity contribution is 7.92. The van der Waals surface area contributed by atoms with Crippen molar-refractivity contribution in [2.75, 3.05) is 22.8 Å². The average Bonchev–Trinajstić information content (AvgIpc) is 2.42. The summed E-state index contributed by atoms with van der Waals surface area (Å²) in [5, 5.41) is 3.77. The molecule has 0 heterocycles. The van der Waals surface area contributed by atoms with Crippen molar-refractivity contribution >= 4 is 33.0 Å². The van der Waals surface area contributed by atoms with Gasteiger partial charge in [0.25, 0.3) is 0 Å². The van der Waals surface area contributed by atoms with E-state index in [1.807, 2.05) is 6.07 Å². The minimum atomic E-state index is -3.30. The molecular weight excluding hydrogens is 308 g/mol. The second-order valence-corrected chi connectivity index (χ2v) is 7.94. The molecule has 0 amide bonds. The van der Waals surface area contributed by atoms with E-state index in [1.165, 1.54) is 38.5 Å². The van der Waals surface area contributed by atoms with E-state index in [2.05, 4.69) is 10.0 Å². The van der Waals surface area contributed by atoms with Crippen molar-refractivity contribution in [3.8, 4) is 0 Å². The fraction of sp³-hybridized carbons (Fsp3) is 0.600. The van der Waals surface area contributed by atoms with Crippen molar-refractivity contribution in [2.24, 2.45) is 5.92 Å². The van der Waals surface area contributed by atoms with Crippen LogP contribution in [0.2, 0.25) is 5.02 Å². The molecule has 1 aliphatic carbocycles. The molecule has 0 radical (unpaired) electrons. The molecule has 0 aromatic heterocycles. The third-order valence-corrected chi connectivity index (χ3v) is 4.77. The van der Waals surface area contributed by atoms with Crippen LogP contribution in [-0.4, -0.2) is 21.2 Å². The van der Waals surface area contributed by atoms with Crippen LogP contribution in [0.25, 0.3) is 0 Å². The molecule has 1 aromatic carbocycles. The molecule has 21 heavy (non-hydrogen) atoms. The van der Waals surface area contributed by atoms with Crippen LogP contribution in [0.3, 0.4) is 0 Å². The van der Waals surface area contributed by atoms with Gasteiger partial charge < -0.3 is 5.32 Å². The quantitative estimate of drug-likeness (QED) is 0.825. The topological polar surface area (TPSA) is 58.2 Å². The zero-order chi connectivity index (χ0) is 15.3. The number of hydrogen-bond acceptors (Lipinski definition) is 3. The van der Waals surface area contributed by atoms with Crippen LogP contribution in [-0.2, 0) is 10.0 Å². The first kappa shape index (κ1) is 16.4. The van der Waals surface area contributed by atoms with E-state index in [9.17, 15) is 8.42 Å². The molecule has 1 saturated carbocycles. The Balaban J connectivity index is 1.85. The molecule has 4 nitrogen and oxygen atoms in total.